The van der Waals surface area contributed by atoms with Gasteiger partial charge in [-0.1, -0.05) is 0 Å². The van der Waals surface area contributed by atoms with Gasteiger partial charge in [0.15, 0.2) is 15.7 Å². The van der Waals surface area contributed by atoms with Gasteiger partial charge in [0.1, 0.15) is 0 Å². The van der Waals surface area contributed by atoms with E-state index >= 15 is 0 Å². The molecule has 2 rings (SSSR count). The number of nitrogens with zero attached hydrogens (tertiary/aromatic N) is 2. The molecule has 0 aliphatic rings. The highest BCUT2D eigenvalue weighted by molar-refractivity contribution is 7.20. The lowest BCUT2D eigenvalue weighted by Crippen LogP contribution is -2.06. The predicted molar refractivity (Wildman–Crippen MR) is 62.9 cm³/mol. The van der Waals surface area contributed by atoms with Crippen LogP contribution in [-0.2, 0) is 6.42 Å². The summed E-state index contributed by atoms with van der Waals surface area (Å²) in [6.07, 6.45) is 2.20. The fourth-order valence-electron chi connectivity index (χ4n) is 1.24. The van der Waals surface area contributed by atoms with Crippen molar-refractivity contribution in [2.75, 3.05) is 6.54 Å². The lowest BCUT2D eigenvalue weighted by atomic mass is 10.3. The fraction of sp³-hybridized carbons (Fsp3) is 0.222. The fourth-order valence-corrected chi connectivity index (χ4v) is 2.99. The van der Waals surface area contributed by atoms with Gasteiger partial charge < -0.3 is 10.8 Å². The SMILES string of the molecule is NCCc1sc(-c2nccs2)nc1C(=O)O. The molecule has 16 heavy (non-hydrogen) atoms. The zero-order valence-electron chi connectivity index (χ0n) is 8.21. The van der Waals surface area contributed by atoms with E-state index in [1.54, 1.807) is 6.20 Å². The quantitative estimate of drug-likeness (QED) is 0.863. The lowest BCUT2D eigenvalue weighted by molar-refractivity contribution is 0.0690. The van der Waals surface area contributed by atoms with Crippen LogP contribution in [0.2, 0.25) is 0 Å². The molecule has 0 bridgehead atoms. The molecule has 5 nitrogen and oxygen atoms in total. The number of carbonyl (C=O) groups is 1. The molecule has 2 aromatic heterocycles. The van der Waals surface area contributed by atoms with E-state index in [0.29, 0.717) is 22.9 Å². The van der Waals surface area contributed by atoms with E-state index in [0.717, 1.165) is 5.01 Å². The van der Waals surface area contributed by atoms with Crippen molar-refractivity contribution >= 4 is 28.6 Å². The first-order valence-electron chi connectivity index (χ1n) is 4.55. The average molecular weight is 255 g/mol. The summed E-state index contributed by atoms with van der Waals surface area (Å²) >= 11 is 2.79. The van der Waals surface area contributed by atoms with Gasteiger partial charge in [-0.15, -0.1) is 22.7 Å². The summed E-state index contributed by atoms with van der Waals surface area (Å²) in [4.78, 5) is 19.9. The van der Waals surface area contributed by atoms with Crippen molar-refractivity contribution in [2.24, 2.45) is 5.73 Å². The Balaban J connectivity index is 2.42. The van der Waals surface area contributed by atoms with E-state index in [9.17, 15) is 4.79 Å². The standard InChI is InChI=1S/C9H9N3O2S2/c10-2-1-5-6(9(13)14)12-8(16-5)7-11-3-4-15-7/h3-4H,1-2,10H2,(H,13,14). The van der Waals surface area contributed by atoms with Gasteiger partial charge >= 0.3 is 5.97 Å². The summed E-state index contributed by atoms with van der Waals surface area (Å²) in [5.74, 6) is -1.01. The summed E-state index contributed by atoms with van der Waals surface area (Å²) < 4.78 is 0. The maximum atomic E-state index is 11.0. The smallest absolute Gasteiger partial charge is 0.355 e. The number of hydrogen-bond acceptors (Lipinski definition) is 6. The van der Waals surface area contributed by atoms with Gasteiger partial charge in [-0.3, -0.25) is 0 Å². The number of hydrogen-bond donors (Lipinski definition) is 2. The number of carboxylic acid groups (broad SMARTS) is 1. The average Bonchev–Trinajstić information content (AvgIpc) is 2.83. The molecule has 0 saturated heterocycles. The number of aromatic carboxylic acids is 1. The largest absolute Gasteiger partial charge is 0.476 e. The minimum Gasteiger partial charge on any atom is -0.476 e. The molecule has 0 atom stereocenters. The molecule has 0 radical (unpaired) electrons. The molecule has 0 amide bonds. The van der Waals surface area contributed by atoms with Crippen LogP contribution in [0.3, 0.4) is 0 Å². The molecule has 7 heteroatoms. The molecule has 0 aromatic carbocycles. The minimum atomic E-state index is -1.01. The third kappa shape index (κ3) is 2.11. The Morgan fingerprint density at radius 2 is 2.31 bits per heavy atom. The van der Waals surface area contributed by atoms with Crippen LogP contribution in [0, 0.1) is 0 Å². The zero-order chi connectivity index (χ0) is 11.5. The molecule has 2 heterocycles. The Labute approximate surface area is 99.6 Å². The number of nitrogens with two attached hydrogens (primary N) is 1. The van der Waals surface area contributed by atoms with E-state index in [1.165, 1.54) is 22.7 Å². The van der Waals surface area contributed by atoms with E-state index < -0.39 is 5.97 Å². The Bertz CT molecular complexity index is 493. The highest BCUT2D eigenvalue weighted by Gasteiger charge is 2.18. The van der Waals surface area contributed by atoms with Gasteiger partial charge in [-0.2, -0.15) is 0 Å². The summed E-state index contributed by atoms with van der Waals surface area (Å²) in [6.45, 7) is 0.416. The maximum Gasteiger partial charge on any atom is 0.355 e. The molecule has 3 N–H and O–H groups in total. The monoisotopic (exact) mass is 255 g/mol. The molecule has 2 aromatic rings. The summed E-state index contributed by atoms with van der Waals surface area (Å²) in [6, 6.07) is 0. The molecular formula is C9H9N3O2S2. The molecule has 84 valence electrons. The van der Waals surface area contributed by atoms with Gasteiger partial charge in [0.25, 0.3) is 0 Å². The third-order valence-electron chi connectivity index (χ3n) is 1.89. The Hall–Kier alpha value is -1.31. The number of aromatic nitrogens is 2. The first kappa shape index (κ1) is 11.2. The van der Waals surface area contributed by atoms with Crippen molar-refractivity contribution in [1.29, 1.82) is 0 Å². The second kappa shape index (κ2) is 4.69. The highest BCUT2D eigenvalue weighted by atomic mass is 32.1. The van der Waals surface area contributed by atoms with Gasteiger partial charge in [0, 0.05) is 16.5 Å². The predicted octanol–water partition coefficient (Wildman–Crippen LogP) is 1.47. The van der Waals surface area contributed by atoms with Crippen molar-refractivity contribution < 1.29 is 9.90 Å². The van der Waals surface area contributed by atoms with Crippen molar-refractivity contribution in [3.8, 4) is 10.0 Å². The Kier molecular flexibility index (Phi) is 3.28. The molecule has 0 saturated carbocycles. The van der Waals surface area contributed by atoms with E-state index in [-0.39, 0.29) is 5.69 Å². The summed E-state index contributed by atoms with van der Waals surface area (Å²) in [5, 5.41) is 12.2. The van der Waals surface area contributed by atoms with Crippen LogP contribution in [-0.4, -0.2) is 27.6 Å². The molecule has 0 aliphatic carbocycles. The van der Waals surface area contributed by atoms with Gasteiger partial charge in [-0.05, 0) is 13.0 Å². The van der Waals surface area contributed by atoms with E-state index in [1.807, 2.05) is 5.38 Å². The maximum absolute atomic E-state index is 11.0. The summed E-state index contributed by atoms with van der Waals surface area (Å²) in [5.41, 5.74) is 5.53. The number of rotatable bonds is 4. The first-order valence-corrected chi connectivity index (χ1v) is 6.25. The van der Waals surface area contributed by atoms with Crippen molar-refractivity contribution in [2.45, 2.75) is 6.42 Å². The molecule has 0 unspecified atom stereocenters. The zero-order valence-corrected chi connectivity index (χ0v) is 9.85. The van der Waals surface area contributed by atoms with Gasteiger partial charge in [0.2, 0.25) is 0 Å². The number of carboxylic acids is 1. The third-order valence-corrected chi connectivity index (χ3v) is 3.92. The Morgan fingerprint density at radius 3 is 2.88 bits per heavy atom. The van der Waals surface area contributed by atoms with Gasteiger partial charge in [0.05, 0.1) is 0 Å². The highest BCUT2D eigenvalue weighted by Crippen LogP contribution is 2.29. The first-order chi connectivity index (χ1) is 7.72. The normalized spacial score (nSPS) is 10.6. The van der Waals surface area contributed by atoms with Crippen LogP contribution in [0.1, 0.15) is 15.4 Å². The van der Waals surface area contributed by atoms with Crippen LogP contribution < -0.4 is 5.73 Å². The minimum absolute atomic E-state index is 0.0978. The lowest BCUT2D eigenvalue weighted by Gasteiger charge is -1.92. The second-order valence-electron chi connectivity index (χ2n) is 2.97. The van der Waals surface area contributed by atoms with Crippen LogP contribution >= 0.6 is 22.7 Å². The summed E-state index contributed by atoms with van der Waals surface area (Å²) in [7, 11) is 0. The molecule has 0 spiro atoms. The topological polar surface area (TPSA) is 89.1 Å². The van der Waals surface area contributed by atoms with Crippen molar-refractivity contribution in [3.63, 3.8) is 0 Å². The second-order valence-corrected chi connectivity index (χ2v) is 4.95. The van der Waals surface area contributed by atoms with Gasteiger partial charge in [-0.25, -0.2) is 14.8 Å². The number of thiazole rings is 2. The van der Waals surface area contributed by atoms with Crippen molar-refractivity contribution in [1.82, 2.24) is 9.97 Å². The molecular weight excluding hydrogens is 246 g/mol. The Morgan fingerprint density at radius 1 is 1.50 bits per heavy atom. The van der Waals surface area contributed by atoms with Crippen LogP contribution in [0.15, 0.2) is 11.6 Å². The van der Waals surface area contributed by atoms with E-state index in [2.05, 4.69) is 9.97 Å². The van der Waals surface area contributed by atoms with Crippen LogP contribution in [0.5, 0.6) is 0 Å². The van der Waals surface area contributed by atoms with Crippen LogP contribution in [0.25, 0.3) is 10.0 Å². The van der Waals surface area contributed by atoms with Crippen LogP contribution in [0.4, 0.5) is 0 Å². The molecule has 0 aliphatic heterocycles. The van der Waals surface area contributed by atoms with E-state index in [4.69, 9.17) is 10.8 Å². The molecule has 0 fully saturated rings. The van der Waals surface area contributed by atoms with Crippen molar-refractivity contribution in [3.05, 3.63) is 22.1 Å².